The van der Waals surface area contributed by atoms with Gasteiger partial charge in [-0.15, -0.1) is 0 Å². The van der Waals surface area contributed by atoms with E-state index in [4.69, 9.17) is 10.5 Å². The van der Waals surface area contributed by atoms with Gasteiger partial charge in [-0.1, -0.05) is 20.8 Å². The van der Waals surface area contributed by atoms with Gasteiger partial charge in [-0.3, -0.25) is 4.79 Å². The maximum Gasteiger partial charge on any atom is 0.262 e. The van der Waals surface area contributed by atoms with Crippen LogP contribution in [0.15, 0.2) is 12.1 Å². The fourth-order valence-electron chi connectivity index (χ4n) is 2.21. The molecule has 1 amide bonds. The first-order chi connectivity index (χ1) is 9.01. The Kier molecular flexibility index (Phi) is 3.83. The highest BCUT2D eigenvalue weighted by atomic mass is 16.5. The van der Waals surface area contributed by atoms with Crippen LogP contribution in [0.5, 0.6) is 5.75 Å². The summed E-state index contributed by atoms with van der Waals surface area (Å²) in [5.74, 6) is 0.991. The quantitative estimate of drug-likeness (QED) is 0.729. The second-order valence-electron chi connectivity index (χ2n) is 5.18. The van der Waals surface area contributed by atoms with Crippen LogP contribution in [0.3, 0.4) is 0 Å². The molecule has 5 heteroatoms. The first kappa shape index (κ1) is 13.5. The Morgan fingerprint density at radius 2 is 2.21 bits per heavy atom. The standard InChI is InChI=1S/C14H21N3O2/c1-4-10(8(2)3)16-11-6-12-13(5-9(11)15)19-7-14(18)17-12/h5-6,8,10,16H,4,7,15H2,1-3H3,(H,17,18). The van der Waals surface area contributed by atoms with E-state index in [1.165, 1.54) is 0 Å². The van der Waals surface area contributed by atoms with Crippen LogP contribution in [0.1, 0.15) is 27.2 Å². The second kappa shape index (κ2) is 5.38. The highest BCUT2D eigenvalue weighted by molar-refractivity contribution is 5.97. The third-order valence-corrected chi connectivity index (χ3v) is 3.37. The van der Waals surface area contributed by atoms with Crippen LogP contribution in [0, 0.1) is 5.92 Å². The van der Waals surface area contributed by atoms with Gasteiger partial charge < -0.3 is 21.1 Å². The Balaban J connectivity index is 2.26. The highest BCUT2D eigenvalue weighted by Crippen LogP contribution is 2.35. The maximum absolute atomic E-state index is 11.3. The molecule has 19 heavy (non-hydrogen) atoms. The summed E-state index contributed by atoms with van der Waals surface area (Å²) in [6.07, 6.45) is 1.01. The molecule has 1 heterocycles. The molecule has 2 rings (SSSR count). The summed E-state index contributed by atoms with van der Waals surface area (Å²) < 4.78 is 5.33. The number of carbonyl (C=O) groups excluding carboxylic acids is 1. The topological polar surface area (TPSA) is 76.4 Å². The van der Waals surface area contributed by atoms with Gasteiger partial charge in [0.05, 0.1) is 17.1 Å². The summed E-state index contributed by atoms with van der Waals surface area (Å²) in [4.78, 5) is 11.3. The molecule has 1 aliphatic rings. The van der Waals surface area contributed by atoms with Crippen molar-refractivity contribution in [2.24, 2.45) is 5.92 Å². The van der Waals surface area contributed by atoms with Gasteiger partial charge in [0, 0.05) is 12.1 Å². The van der Waals surface area contributed by atoms with Crippen LogP contribution in [0.4, 0.5) is 17.1 Å². The Bertz CT molecular complexity index is 486. The van der Waals surface area contributed by atoms with Crippen molar-refractivity contribution in [2.45, 2.75) is 33.2 Å². The van der Waals surface area contributed by atoms with E-state index in [0.29, 0.717) is 29.1 Å². The largest absolute Gasteiger partial charge is 0.482 e. The minimum absolute atomic E-state index is 0.0444. The lowest BCUT2D eigenvalue weighted by Crippen LogP contribution is -2.27. The molecule has 5 nitrogen and oxygen atoms in total. The van der Waals surface area contributed by atoms with Gasteiger partial charge in [0.25, 0.3) is 5.91 Å². The van der Waals surface area contributed by atoms with Gasteiger partial charge in [-0.25, -0.2) is 0 Å². The zero-order valence-electron chi connectivity index (χ0n) is 11.6. The number of nitrogen functional groups attached to an aromatic ring is 1. The summed E-state index contributed by atoms with van der Waals surface area (Å²) in [5.41, 5.74) is 8.17. The lowest BCUT2D eigenvalue weighted by Gasteiger charge is -2.25. The monoisotopic (exact) mass is 263 g/mol. The Morgan fingerprint density at radius 3 is 2.84 bits per heavy atom. The SMILES string of the molecule is CCC(Nc1cc2c(cc1N)OCC(=O)N2)C(C)C. The fraction of sp³-hybridized carbons (Fsp3) is 0.500. The second-order valence-corrected chi connectivity index (χ2v) is 5.18. The molecule has 0 spiro atoms. The number of ether oxygens (including phenoxy) is 1. The van der Waals surface area contributed by atoms with E-state index in [1.807, 2.05) is 6.07 Å². The molecule has 0 fully saturated rings. The molecule has 1 unspecified atom stereocenters. The van der Waals surface area contributed by atoms with Gasteiger partial charge >= 0.3 is 0 Å². The van der Waals surface area contributed by atoms with Crippen molar-refractivity contribution < 1.29 is 9.53 Å². The van der Waals surface area contributed by atoms with Crippen molar-refractivity contribution in [1.82, 2.24) is 0 Å². The van der Waals surface area contributed by atoms with E-state index in [-0.39, 0.29) is 12.5 Å². The van der Waals surface area contributed by atoms with Crippen LogP contribution >= 0.6 is 0 Å². The predicted molar refractivity (Wildman–Crippen MR) is 77.5 cm³/mol. The average molecular weight is 263 g/mol. The normalized spacial score (nSPS) is 15.5. The molecule has 0 saturated heterocycles. The number of anilines is 3. The van der Waals surface area contributed by atoms with Crippen molar-refractivity contribution in [1.29, 1.82) is 0 Å². The molecule has 0 saturated carbocycles. The number of amides is 1. The lowest BCUT2D eigenvalue weighted by atomic mass is 10.0. The van der Waals surface area contributed by atoms with Gasteiger partial charge in [-0.2, -0.15) is 0 Å². The molecule has 104 valence electrons. The Labute approximate surface area is 113 Å². The zero-order valence-corrected chi connectivity index (χ0v) is 11.6. The Hall–Kier alpha value is -1.91. The molecule has 0 aromatic heterocycles. The molecule has 1 aromatic carbocycles. The van der Waals surface area contributed by atoms with E-state index in [9.17, 15) is 4.79 Å². The van der Waals surface area contributed by atoms with E-state index >= 15 is 0 Å². The van der Waals surface area contributed by atoms with Crippen molar-refractivity contribution in [3.05, 3.63) is 12.1 Å². The van der Waals surface area contributed by atoms with Gasteiger partial charge in [-0.05, 0) is 18.4 Å². The maximum atomic E-state index is 11.3. The molecule has 0 bridgehead atoms. The van der Waals surface area contributed by atoms with Crippen LogP contribution in [-0.4, -0.2) is 18.6 Å². The van der Waals surface area contributed by atoms with Crippen molar-refractivity contribution in [3.63, 3.8) is 0 Å². The molecule has 1 aliphatic heterocycles. The van der Waals surface area contributed by atoms with Crippen molar-refractivity contribution in [2.75, 3.05) is 23.0 Å². The first-order valence-corrected chi connectivity index (χ1v) is 6.64. The third-order valence-electron chi connectivity index (χ3n) is 3.37. The molecule has 1 atom stereocenters. The molecule has 4 N–H and O–H groups in total. The Morgan fingerprint density at radius 1 is 1.47 bits per heavy atom. The minimum atomic E-state index is -0.140. The number of nitrogens with two attached hydrogens (primary N) is 1. The molecule has 0 aliphatic carbocycles. The highest BCUT2D eigenvalue weighted by Gasteiger charge is 2.19. The molecule has 1 aromatic rings. The summed E-state index contributed by atoms with van der Waals surface area (Å²) >= 11 is 0. The molecular formula is C14H21N3O2. The smallest absolute Gasteiger partial charge is 0.262 e. The first-order valence-electron chi connectivity index (χ1n) is 6.64. The summed E-state index contributed by atoms with van der Waals surface area (Å²) in [6.45, 7) is 6.52. The molecule has 0 radical (unpaired) electrons. The fourth-order valence-corrected chi connectivity index (χ4v) is 2.21. The number of rotatable bonds is 4. The van der Waals surface area contributed by atoms with Crippen LogP contribution in [0.25, 0.3) is 0 Å². The third kappa shape index (κ3) is 2.92. The lowest BCUT2D eigenvalue weighted by molar-refractivity contribution is -0.118. The predicted octanol–water partition coefficient (Wildman–Crippen LogP) is 2.45. The van der Waals surface area contributed by atoms with Gasteiger partial charge in [0.15, 0.2) is 6.61 Å². The number of benzene rings is 1. The number of nitrogens with one attached hydrogen (secondary N) is 2. The van der Waals surface area contributed by atoms with Crippen LogP contribution < -0.4 is 21.1 Å². The van der Waals surface area contributed by atoms with Crippen molar-refractivity contribution >= 4 is 23.0 Å². The van der Waals surface area contributed by atoms with Gasteiger partial charge in [0.2, 0.25) is 0 Å². The van der Waals surface area contributed by atoms with Gasteiger partial charge in [0.1, 0.15) is 5.75 Å². The molecular weight excluding hydrogens is 242 g/mol. The summed E-state index contributed by atoms with van der Waals surface area (Å²) in [7, 11) is 0. The van der Waals surface area contributed by atoms with E-state index in [0.717, 1.165) is 12.1 Å². The van der Waals surface area contributed by atoms with Crippen LogP contribution in [-0.2, 0) is 4.79 Å². The number of carbonyl (C=O) groups is 1. The summed E-state index contributed by atoms with van der Waals surface area (Å²) in [6, 6.07) is 3.94. The van der Waals surface area contributed by atoms with E-state index in [2.05, 4.69) is 31.4 Å². The number of hydrogen-bond acceptors (Lipinski definition) is 4. The van der Waals surface area contributed by atoms with E-state index < -0.39 is 0 Å². The number of hydrogen-bond donors (Lipinski definition) is 3. The van der Waals surface area contributed by atoms with Crippen molar-refractivity contribution in [3.8, 4) is 5.75 Å². The minimum Gasteiger partial charge on any atom is -0.482 e. The van der Waals surface area contributed by atoms with Crippen LogP contribution in [0.2, 0.25) is 0 Å². The number of fused-ring (bicyclic) bond motifs is 1. The summed E-state index contributed by atoms with van der Waals surface area (Å²) in [5, 5.41) is 6.22. The zero-order chi connectivity index (χ0) is 14.0. The van der Waals surface area contributed by atoms with E-state index in [1.54, 1.807) is 6.07 Å². The average Bonchev–Trinajstić information content (AvgIpc) is 2.36.